The minimum Gasteiger partial charge on any atom is -0.366 e. The van der Waals surface area contributed by atoms with Crippen LogP contribution in [0.15, 0.2) is 48.5 Å². The number of hydrogen-bond donors (Lipinski definition) is 2. The molecule has 29 heavy (non-hydrogen) atoms. The number of rotatable bonds is 6. The van der Waals surface area contributed by atoms with E-state index in [0.717, 1.165) is 0 Å². The van der Waals surface area contributed by atoms with Gasteiger partial charge in [0, 0.05) is 18.1 Å². The summed E-state index contributed by atoms with van der Waals surface area (Å²) in [6.07, 6.45) is 1.15. The van der Waals surface area contributed by atoms with Gasteiger partial charge in [0.15, 0.2) is 0 Å². The van der Waals surface area contributed by atoms with Crippen molar-refractivity contribution in [3.05, 3.63) is 64.7 Å². The average molecular weight is 436 g/mol. The number of hydrogen-bond acceptors (Lipinski definition) is 4. The molecule has 0 bridgehead atoms. The number of amides is 2. The fourth-order valence-corrected chi connectivity index (χ4v) is 5.07. The molecule has 1 aliphatic rings. The van der Waals surface area contributed by atoms with Gasteiger partial charge in [-0.1, -0.05) is 35.9 Å². The third-order valence-corrected chi connectivity index (χ3v) is 6.93. The number of carbonyl (C=O) groups is 2. The van der Waals surface area contributed by atoms with E-state index in [1.165, 1.54) is 10.4 Å². The van der Waals surface area contributed by atoms with Gasteiger partial charge in [-0.05, 0) is 42.7 Å². The fourth-order valence-electron chi connectivity index (χ4n) is 3.33. The van der Waals surface area contributed by atoms with Crippen LogP contribution in [-0.4, -0.2) is 37.6 Å². The van der Waals surface area contributed by atoms with E-state index < -0.39 is 21.8 Å². The van der Waals surface area contributed by atoms with Gasteiger partial charge >= 0.3 is 0 Å². The Morgan fingerprint density at radius 2 is 1.83 bits per heavy atom. The van der Waals surface area contributed by atoms with Gasteiger partial charge in [-0.2, -0.15) is 0 Å². The first kappa shape index (κ1) is 21.3. The Kier molecular flexibility index (Phi) is 6.56. The van der Waals surface area contributed by atoms with E-state index >= 15 is 0 Å². The number of halogens is 1. The Labute approximate surface area is 174 Å². The first-order valence-electron chi connectivity index (χ1n) is 9.18. The molecule has 0 aromatic heterocycles. The van der Waals surface area contributed by atoms with Crippen LogP contribution in [0.25, 0.3) is 0 Å². The standard InChI is InChI=1S/C20H22ClN3O4S/c21-16-9-7-14(8-10-16)13-29(27,28)24-11-3-4-15(12-24)20(26)23-18-6-2-1-5-17(18)19(22)25/h1-2,5-10,15H,3-4,11-13H2,(H2,22,25)(H,23,26). The lowest BCUT2D eigenvalue weighted by molar-refractivity contribution is -0.120. The van der Waals surface area contributed by atoms with Crippen LogP contribution in [0.4, 0.5) is 5.69 Å². The normalized spacial score (nSPS) is 17.6. The molecule has 3 N–H and O–H groups in total. The van der Waals surface area contributed by atoms with E-state index in [9.17, 15) is 18.0 Å². The van der Waals surface area contributed by atoms with E-state index in [-0.39, 0.29) is 23.8 Å². The van der Waals surface area contributed by atoms with Crippen molar-refractivity contribution in [1.82, 2.24) is 4.31 Å². The summed E-state index contributed by atoms with van der Waals surface area (Å²) in [5.74, 6) is -1.63. The van der Waals surface area contributed by atoms with Crippen LogP contribution in [0, 0.1) is 5.92 Å². The van der Waals surface area contributed by atoms with Gasteiger partial charge in [0.05, 0.1) is 22.9 Å². The fraction of sp³-hybridized carbons (Fsp3) is 0.300. The highest BCUT2D eigenvalue weighted by Gasteiger charge is 2.32. The maximum absolute atomic E-state index is 12.8. The summed E-state index contributed by atoms with van der Waals surface area (Å²) >= 11 is 5.85. The first-order valence-corrected chi connectivity index (χ1v) is 11.2. The Hall–Kier alpha value is -2.42. The predicted octanol–water partition coefficient (Wildman–Crippen LogP) is 2.62. The molecule has 2 amide bonds. The Morgan fingerprint density at radius 3 is 2.52 bits per heavy atom. The second-order valence-electron chi connectivity index (χ2n) is 6.98. The third-order valence-electron chi connectivity index (χ3n) is 4.86. The van der Waals surface area contributed by atoms with Crippen LogP contribution in [0.3, 0.4) is 0 Å². The van der Waals surface area contributed by atoms with Gasteiger partial charge in [0.25, 0.3) is 5.91 Å². The summed E-state index contributed by atoms with van der Waals surface area (Å²) in [5, 5.41) is 3.25. The van der Waals surface area contributed by atoms with Crippen LogP contribution >= 0.6 is 11.6 Å². The largest absolute Gasteiger partial charge is 0.366 e. The number of primary amides is 1. The maximum atomic E-state index is 12.8. The van der Waals surface area contributed by atoms with Crippen LogP contribution in [-0.2, 0) is 20.6 Å². The zero-order chi connectivity index (χ0) is 21.0. The molecular formula is C20H22ClN3O4S. The van der Waals surface area contributed by atoms with E-state index in [1.807, 2.05) is 0 Å². The van der Waals surface area contributed by atoms with Crippen LogP contribution in [0.2, 0.25) is 5.02 Å². The molecule has 0 radical (unpaired) electrons. The lowest BCUT2D eigenvalue weighted by Gasteiger charge is -2.31. The number of nitrogens with one attached hydrogen (secondary N) is 1. The Balaban J connectivity index is 1.69. The van der Waals surface area contributed by atoms with E-state index in [4.69, 9.17) is 17.3 Å². The van der Waals surface area contributed by atoms with Crippen molar-refractivity contribution in [1.29, 1.82) is 0 Å². The van der Waals surface area contributed by atoms with Gasteiger partial charge in [0.2, 0.25) is 15.9 Å². The molecule has 3 rings (SSSR count). The van der Waals surface area contributed by atoms with Gasteiger partial charge in [-0.15, -0.1) is 0 Å². The monoisotopic (exact) mass is 435 g/mol. The quantitative estimate of drug-likeness (QED) is 0.726. The van der Waals surface area contributed by atoms with Crippen molar-refractivity contribution in [2.24, 2.45) is 11.7 Å². The number of para-hydroxylation sites is 1. The van der Waals surface area contributed by atoms with Crippen molar-refractivity contribution >= 4 is 39.1 Å². The highest BCUT2D eigenvalue weighted by atomic mass is 35.5. The van der Waals surface area contributed by atoms with Crippen molar-refractivity contribution in [2.45, 2.75) is 18.6 Å². The number of benzene rings is 2. The molecule has 1 fully saturated rings. The molecule has 2 aromatic carbocycles. The predicted molar refractivity (Wildman–Crippen MR) is 112 cm³/mol. The number of nitrogens with zero attached hydrogens (tertiary/aromatic N) is 1. The highest BCUT2D eigenvalue weighted by Crippen LogP contribution is 2.24. The maximum Gasteiger partial charge on any atom is 0.250 e. The van der Waals surface area contributed by atoms with E-state index in [1.54, 1.807) is 42.5 Å². The molecule has 1 saturated heterocycles. The molecule has 0 spiro atoms. The first-order chi connectivity index (χ1) is 13.8. The number of piperidine rings is 1. The molecule has 7 nitrogen and oxygen atoms in total. The number of sulfonamides is 1. The summed E-state index contributed by atoms with van der Waals surface area (Å²) in [5.41, 5.74) is 6.52. The summed E-state index contributed by atoms with van der Waals surface area (Å²) in [7, 11) is -3.57. The molecule has 1 heterocycles. The molecule has 2 aromatic rings. The zero-order valence-corrected chi connectivity index (χ0v) is 17.2. The lowest BCUT2D eigenvalue weighted by atomic mass is 9.98. The molecular weight excluding hydrogens is 414 g/mol. The summed E-state index contributed by atoms with van der Waals surface area (Å²) in [4.78, 5) is 24.2. The number of nitrogens with two attached hydrogens (primary N) is 1. The van der Waals surface area contributed by atoms with Gasteiger partial charge in [0.1, 0.15) is 0 Å². The molecule has 9 heteroatoms. The second kappa shape index (κ2) is 8.94. The average Bonchev–Trinajstić information content (AvgIpc) is 2.70. The van der Waals surface area contributed by atoms with Crippen molar-refractivity contribution in [2.75, 3.05) is 18.4 Å². The summed E-state index contributed by atoms with van der Waals surface area (Å²) in [6.45, 7) is 0.470. The number of anilines is 1. The van der Waals surface area contributed by atoms with Crippen molar-refractivity contribution < 1.29 is 18.0 Å². The smallest absolute Gasteiger partial charge is 0.250 e. The molecule has 1 unspecified atom stereocenters. The summed E-state index contributed by atoms with van der Waals surface area (Å²) in [6, 6.07) is 13.1. The van der Waals surface area contributed by atoms with Crippen LogP contribution in [0.5, 0.6) is 0 Å². The van der Waals surface area contributed by atoms with Crippen molar-refractivity contribution in [3.63, 3.8) is 0 Å². The molecule has 0 aliphatic carbocycles. The molecule has 154 valence electrons. The van der Waals surface area contributed by atoms with Crippen LogP contribution < -0.4 is 11.1 Å². The molecule has 1 aliphatic heterocycles. The molecule has 0 saturated carbocycles. The number of carbonyl (C=O) groups excluding carboxylic acids is 2. The topological polar surface area (TPSA) is 110 Å². The SMILES string of the molecule is NC(=O)c1ccccc1NC(=O)C1CCCN(S(=O)(=O)Cc2ccc(Cl)cc2)C1. The van der Waals surface area contributed by atoms with E-state index in [0.29, 0.717) is 35.7 Å². The van der Waals surface area contributed by atoms with Gasteiger partial charge in [-0.3, -0.25) is 9.59 Å². The summed E-state index contributed by atoms with van der Waals surface area (Å²) < 4.78 is 27.0. The highest BCUT2D eigenvalue weighted by molar-refractivity contribution is 7.88. The molecule has 1 atom stereocenters. The second-order valence-corrected chi connectivity index (χ2v) is 9.38. The van der Waals surface area contributed by atoms with E-state index in [2.05, 4.69) is 5.32 Å². The third kappa shape index (κ3) is 5.35. The van der Waals surface area contributed by atoms with Crippen LogP contribution in [0.1, 0.15) is 28.8 Å². The van der Waals surface area contributed by atoms with Gasteiger partial charge in [-0.25, -0.2) is 12.7 Å². The minimum absolute atomic E-state index is 0.0977. The Bertz CT molecular complexity index is 1010. The zero-order valence-electron chi connectivity index (χ0n) is 15.7. The van der Waals surface area contributed by atoms with Gasteiger partial charge < -0.3 is 11.1 Å². The lowest BCUT2D eigenvalue weighted by Crippen LogP contribution is -2.44. The Morgan fingerprint density at radius 1 is 1.14 bits per heavy atom. The van der Waals surface area contributed by atoms with Crippen molar-refractivity contribution in [3.8, 4) is 0 Å². The minimum atomic E-state index is -3.57.